The molecule has 0 aromatic carbocycles. The highest BCUT2D eigenvalue weighted by Gasteiger charge is 2.17. The summed E-state index contributed by atoms with van der Waals surface area (Å²) in [6.07, 6.45) is 0. The van der Waals surface area contributed by atoms with E-state index in [-0.39, 0.29) is 0 Å². The molecule has 0 aliphatic heterocycles. The van der Waals surface area contributed by atoms with Crippen LogP contribution in [-0.4, -0.2) is 11.3 Å². The van der Waals surface area contributed by atoms with Crippen LogP contribution < -0.4 is 5.73 Å². The maximum absolute atomic E-state index is 8.64. The molecule has 0 saturated heterocycles. The SMILES string of the molecule is CC(N)(C#N)CSc1cccs1. The van der Waals surface area contributed by atoms with Gasteiger partial charge in [-0.25, -0.2) is 0 Å². The van der Waals surface area contributed by atoms with Crippen molar-refractivity contribution in [3.05, 3.63) is 17.5 Å². The molecule has 0 bridgehead atoms. The van der Waals surface area contributed by atoms with E-state index in [1.807, 2.05) is 17.5 Å². The highest BCUT2D eigenvalue weighted by molar-refractivity contribution is 8.01. The molecule has 1 aromatic rings. The predicted molar refractivity (Wildman–Crippen MR) is 53.2 cm³/mol. The second-order valence-electron chi connectivity index (χ2n) is 2.75. The standard InChI is InChI=1S/C8H10N2S2/c1-8(10,5-9)6-12-7-3-2-4-11-7/h2-4H,6,10H2,1H3. The van der Waals surface area contributed by atoms with Crippen molar-refractivity contribution in [3.8, 4) is 6.07 Å². The lowest BCUT2D eigenvalue weighted by molar-refractivity contribution is 0.682. The molecule has 0 amide bonds. The van der Waals surface area contributed by atoms with Gasteiger partial charge in [0, 0.05) is 5.75 Å². The average molecular weight is 198 g/mol. The summed E-state index contributed by atoms with van der Waals surface area (Å²) in [5.74, 6) is 0.643. The highest BCUT2D eigenvalue weighted by atomic mass is 32.2. The number of hydrogen-bond acceptors (Lipinski definition) is 4. The van der Waals surface area contributed by atoms with Crippen LogP contribution in [0.5, 0.6) is 0 Å². The first-order valence-corrected chi connectivity index (χ1v) is 5.37. The van der Waals surface area contributed by atoms with Gasteiger partial charge in [0.1, 0.15) is 5.54 Å². The van der Waals surface area contributed by atoms with Gasteiger partial charge in [0.2, 0.25) is 0 Å². The maximum Gasteiger partial charge on any atom is 0.110 e. The predicted octanol–water partition coefficient (Wildman–Crippen LogP) is 2.08. The number of nitrogens with two attached hydrogens (primary N) is 1. The maximum atomic E-state index is 8.64. The van der Waals surface area contributed by atoms with Crippen LogP contribution in [0, 0.1) is 11.3 Å². The lowest BCUT2D eigenvalue weighted by Gasteiger charge is -2.12. The monoisotopic (exact) mass is 198 g/mol. The largest absolute Gasteiger partial charge is 0.313 e. The Morgan fingerprint density at radius 2 is 2.58 bits per heavy atom. The molecule has 0 saturated carbocycles. The highest BCUT2D eigenvalue weighted by Crippen LogP contribution is 2.25. The Labute approximate surface area is 80.4 Å². The van der Waals surface area contributed by atoms with Gasteiger partial charge in [-0.3, -0.25) is 0 Å². The summed E-state index contributed by atoms with van der Waals surface area (Å²) >= 11 is 3.30. The third-order valence-electron chi connectivity index (χ3n) is 1.26. The average Bonchev–Trinajstić information content (AvgIpc) is 2.53. The number of nitriles is 1. The topological polar surface area (TPSA) is 49.8 Å². The minimum Gasteiger partial charge on any atom is -0.313 e. The van der Waals surface area contributed by atoms with Gasteiger partial charge in [0.15, 0.2) is 0 Å². The Bertz CT molecular complexity index is 272. The van der Waals surface area contributed by atoms with Crippen molar-refractivity contribution < 1.29 is 0 Å². The second kappa shape index (κ2) is 3.94. The van der Waals surface area contributed by atoms with Crippen molar-refractivity contribution in [2.45, 2.75) is 16.7 Å². The quantitative estimate of drug-likeness (QED) is 0.756. The van der Waals surface area contributed by atoms with E-state index in [2.05, 4.69) is 6.07 Å². The third kappa shape index (κ3) is 2.86. The molecule has 0 aliphatic carbocycles. The van der Waals surface area contributed by atoms with Gasteiger partial charge in [0.05, 0.1) is 10.3 Å². The number of nitrogens with zero attached hydrogens (tertiary/aromatic N) is 1. The summed E-state index contributed by atoms with van der Waals surface area (Å²) in [7, 11) is 0. The third-order valence-corrected chi connectivity index (χ3v) is 3.73. The van der Waals surface area contributed by atoms with Crippen LogP contribution in [0.25, 0.3) is 0 Å². The molecule has 2 N–H and O–H groups in total. The zero-order valence-electron chi connectivity index (χ0n) is 6.78. The van der Waals surface area contributed by atoms with Gasteiger partial charge in [-0.1, -0.05) is 6.07 Å². The summed E-state index contributed by atoms with van der Waals surface area (Å²) in [6, 6.07) is 6.09. The van der Waals surface area contributed by atoms with Crippen molar-refractivity contribution in [3.63, 3.8) is 0 Å². The van der Waals surface area contributed by atoms with Gasteiger partial charge >= 0.3 is 0 Å². The van der Waals surface area contributed by atoms with E-state index in [0.717, 1.165) is 0 Å². The van der Waals surface area contributed by atoms with Crippen LogP contribution in [0.15, 0.2) is 21.7 Å². The Kier molecular flexibility index (Phi) is 3.15. The Hall–Kier alpha value is -0.500. The number of thiophene rings is 1. The first-order chi connectivity index (χ1) is 5.64. The van der Waals surface area contributed by atoms with E-state index >= 15 is 0 Å². The zero-order valence-corrected chi connectivity index (χ0v) is 8.41. The molecule has 0 radical (unpaired) electrons. The van der Waals surface area contributed by atoms with Gasteiger partial charge < -0.3 is 5.73 Å². The summed E-state index contributed by atoms with van der Waals surface area (Å²) in [6.45, 7) is 1.74. The molecule has 1 heterocycles. The van der Waals surface area contributed by atoms with E-state index in [9.17, 15) is 0 Å². The van der Waals surface area contributed by atoms with E-state index in [1.54, 1.807) is 30.0 Å². The molecule has 0 spiro atoms. The van der Waals surface area contributed by atoms with Crippen molar-refractivity contribution in [2.24, 2.45) is 5.73 Å². The molecular weight excluding hydrogens is 188 g/mol. The van der Waals surface area contributed by atoms with E-state index in [4.69, 9.17) is 11.0 Å². The second-order valence-corrected chi connectivity index (χ2v) is 4.97. The van der Waals surface area contributed by atoms with Crippen molar-refractivity contribution in [2.75, 3.05) is 5.75 Å². The van der Waals surface area contributed by atoms with Gasteiger partial charge in [-0.05, 0) is 18.4 Å². The van der Waals surface area contributed by atoms with Crippen LogP contribution in [0.4, 0.5) is 0 Å². The fourth-order valence-corrected chi connectivity index (χ4v) is 2.34. The normalized spacial score (nSPS) is 15.1. The lowest BCUT2D eigenvalue weighted by atomic mass is 10.1. The molecule has 2 nitrogen and oxygen atoms in total. The fourth-order valence-electron chi connectivity index (χ4n) is 0.599. The molecular formula is C8H10N2S2. The molecule has 1 aromatic heterocycles. The van der Waals surface area contributed by atoms with Gasteiger partial charge in [0.25, 0.3) is 0 Å². The first-order valence-electron chi connectivity index (χ1n) is 3.50. The van der Waals surface area contributed by atoms with Crippen LogP contribution >= 0.6 is 23.1 Å². The van der Waals surface area contributed by atoms with Crippen LogP contribution in [0.2, 0.25) is 0 Å². The minimum atomic E-state index is -0.714. The van der Waals surface area contributed by atoms with Crippen molar-refractivity contribution in [1.29, 1.82) is 5.26 Å². The Morgan fingerprint density at radius 3 is 3.08 bits per heavy atom. The van der Waals surface area contributed by atoms with Gasteiger partial charge in [-0.2, -0.15) is 5.26 Å². The Balaban J connectivity index is 2.42. The van der Waals surface area contributed by atoms with Crippen LogP contribution in [-0.2, 0) is 0 Å². The molecule has 64 valence electrons. The molecule has 12 heavy (non-hydrogen) atoms. The lowest BCUT2D eigenvalue weighted by Crippen LogP contribution is -2.36. The number of hydrogen-bond donors (Lipinski definition) is 1. The first kappa shape index (κ1) is 9.59. The molecule has 4 heteroatoms. The molecule has 1 rings (SSSR count). The van der Waals surface area contributed by atoms with E-state index < -0.39 is 5.54 Å². The molecule has 1 unspecified atom stereocenters. The summed E-state index contributed by atoms with van der Waals surface area (Å²) in [5.41, 5.74) is 4.94. The summed E-state index contributed by atoms with van der Waals surface area (Å²) in [5, 5.41) is 10.7. The van der Waals surface area contributed by atoms with E-state index in [1.165, 1.54) is 4.21 Å². The van der Waals surface area contributed by atoms with Crippen LogP contribution in [0.1, 0.15) is 6.92 Å². The van der Waals surface area contributed by atoms with Gasteiger partial charge in [-0.15, -0.1) is 23.1 Å². The van der Waals surface area contributed by atoms with E-state index in [0.29, 0.717) is 5.75 Å². The summed E-state index contributed by atoms with van der Waals surface area (Å²) in [4.78, 5) is 0. The number of rotatable bonds is 3. The van der Waals surface area contributed by atoms with Crippen LogP contribution in [0.3, 0.4) is 0 Å². The van der Waals surface area contributed by atoms with Crippen molar-refractivity contribution in [1.82, 2.24) is 0 Å². The Morgan fingerprint density at radius 1 is 1.83 bits per heavy atom. The minimum absolute atomic E-state index is 0.643. The molecule has 0 aliphatic rings. The molecule has 1 atom stereocenters. The smallest absolute Gasteiger partial charge is 0.110 e. The number of thioether (sulfide) groups is 1. The molecule has 0 fully saturated rings. The van der Waals surface area contributed by atoms with Crippen molar-refractivity contribution >= 4 is 23.1 Å². The fraction of sp³-hybridized carbons (Fsp3) is 0.375. The summed E-state index contributed by atoms with van der Waals surface area (Å²) < 4.78 is 1.21. The zero-order chi connectivity index (χ0) is 9.03.